The van der Waals surface area contributed by atoms with Crippen molar-refractivity contribution in [3.05, 3.63) is 65.7 Å². The SMILES string of the molecule is C[C@@H](OC(=O)Cc1ccccc1F)C(=O)Nc1ccc(F)cc1. The fourth-order valence-electron chi connectivity index (χ4n) is 1.87. The van der Waals surface area contributed by atoms with E-state index in [2.05, 4.69) is 5.32 Å². The zero-order chi connectivity index (χ0) is 16.8. The van der Waals surface area contributed by atoms with Crippen LogP contribution in [0.1, 0.15) is 12.5 Å². The van der Waals surface area contributed by atoms with Crippen LogP contribution >= 0.6 is 0 Å². The zero-order valence-corrected chi connectivity index (χ0v) is 12.4. The third-order valence-electron chi connectivity index (χ3n) is 3.08. The number of hydrogen-bond donors (Lipinski definition) is 1. The molecule has 23 heavy (non-hydrogen) atoms. The van der Waals surface area contributed by atoms with Crippen LogP contribution in [0.3, 0.4) is 0 Å². The predicted molar refractivity (Wildman–Crippen MR) is 80.7 cm³/mol. The molecule has 0 aromatic heterocycles. The van der Waals surface area contributed by atoms with Crippen LogP contribution in [0.15, 0.2) is 48.5 Å². The van der Waals surface area contributed by atoms with E-state index in [0.717, 1.165) is 0 Å². The van der Waals surface area contributed by atoms with Crippen LogP contribution in [0.25, 0.3) is 0 Å². The van der Waals surface area contributed by atoms with Crippen LogP contribution < -0.4 is 5.32 Å². The number of amides is 1. The highest BCUT2D eigenvalue weighted by atomic mass is 19.1. The van der Waals surface area contributed by atoms with Crippen molar-refractivity contribution in [2.45, 2.75) is 19.4 Å². The van der Waals surface area contributed by atoms with E-state index >= 15 is 0 Å². The van der Waals surface area contributed by atoms with Gasteiger partial charge in [0.2, 0.25) is 0 Å². The number of anilines is 1. The van der Waals surface area contributed by atoms with Gasteiger partial charge in [-0.1, -0.05) is 18.2 Å². The van der Waals surface area contributed by atoms with Crippen LogP contribution in [0.5, 0.6) is 0 Å². The molecular formula is C17H15F2NO3. The summed E-state index contributed by atoms with van der Waals surface area (Å²) in [5.74, 6) is -2.20. The Morgan fingerprint density at radius 1 is 1.09 bits per heavy atom. The average Bonchev–Trinajstić information content (AvgIpc) is 2.51. The molecule has 0 heterocycles. The standard InChI is InChI=1S/C17H15F2NO3/c1-11(17(22)20-14-8-6-13(18)7-9-14)23-16(21)10-12-4-2-3-5-15(12)19/h2-9,11H,10H2,1H3,(H,20,22)/t11-/m1/s1. The molecule has 0 aliphatic rings. The van der Waals surface area contributed by atoms with Crippen molar-refractivity contribution >= 4 is 17.6 Å². The summed E-state index contributed by atoms with van der Waals surface area (Å²) in [7, 11) is 0. The molecule has 1 N–H and O–H groups in total. The summed E-state index contributed by atoms with van der Waals surface area (Å²) in [5.41, 5.74) is 0.581. The van der Waals surface area contributed by atoms with Crippen molar-refractivity contribution in [1.29, 1.82) is 0 Å². The van der Waals surface area contributed by atoms with Gasteiger partial charge in [0.05, 0.1) is 6.42 Å². The molecule has 2 rings (SSSR count). The van der Waals surface area contributed by atoms with E-state index in [-0.39, 0.29) is 12.0 Å². The van der Waals surface area contributed by atoms with Crippen molar-refractivity contribution in [3.8, 4) is 0 Å². The first kappa shape index (κ1) is 16.6. The van der Waals surface area contributed by atoms with Gasteiger partial charge in [0, 0.05) is 5.69 Å². The first-order chi connectivity index (χ1) is 11.0. The lowest BCUT2D eigenvalue weighted by Crippen LogP contribution is -2.30. The lowest BCUT2D eigenvalue weighted by molar-refractivity contribution is -0.152. The number of nitrogens with one attached hydrogen (secondary N) is 1. The van der Waals surface area contributed by atoms with Gasteiger partial charge in [0.1, 0.15) is 11.6 Å². The maximum Gasteiger partial charge on any atom is 0.311 e. The van der Waals surface area contributed by atoms with Crippen LogP contribution in [0, 0.1) is 11.6 Å². The van der Waals surface area contributed by atoms with Crippen molar-refractivity contribution in [1.82, 2.24) is 0 Å². The van der Waals surface area contributed by atoms with Crippen LogP contribution in [0.4, 0.5) is 14.5 Å². The Morgan fingerprint density at radius 3 is 2.39 bits per heavy atom. The number of ether oxygens (including phenoxy) is 1. The van der Waals surface area contributed by atoms with E-state index in [4.69, 9.17) is 4.74 Å². The van der Waals surface area contributed by atoms with E-state index in [1.54, 1.807) is 6.07 Å². The highest BCUT2D eigenvalue weighted by Crippen LogP contribution is 2.11. The predicted octanol–water partition coefficient (Wildman–Crippen LogP) is 3.08. The molecule has 4 nitrogen and oxygen atoms in total. The number of rotatable bonds is 5. The number of esters is 1. The molecule has 0 spiro atoms. The molecule has 1 amide bonds. The average molecular weight is 319 g/mol. The summed E-state index contributed by atoms with van der Waals surface area (Å²) in [6, 6.07) is 11.0. The molecule has 0 unspecified atom stereocenters. The molecular weight excluding hydrogens is 304 g/mol. The van der Waals surface area contributed by atoms with Gasteiger partial charge >= 0.3 is 5.97 Å². The Labute approximate surface area is 132 Å². The maximum absolute atomic E-state index is 13.4. The first-order valence-corrected chi connectivity index (χ1v) is 6.95. The van der Waals surface area contributed by atoms with Crippen molar-refractivity contribution in [2.75, 3.05) is 5.32 Å². The first-order valence-electron chi connectivity index (χ1n) is 6.95. The van der Waals surface area contributed by atoms with E-state index in [1.807, 2.05) is 0 Å². The second-order valence-electron chi connectivity index (χ2n) is 4.90. The van der Waals surface area contributed by atoms with E-state index in [1.165, 1.54) is 49.4 Å². The molecule has 6 heteroatoms. The van der Waals surface area contributed by atoms with Crippen molar-refractivity contribution in [3.63, 3.8) is 0 Å². The Hall–Kier alpha value is -2.76. The van der Waals surface area contributed by atoms with Gasteiger partial charge in [-0.05, 0) is 42.8 Å². The lowest BCUT2D eigenvalue weighted by atomic mass is 10.1. The van der Waals surface area contributed by atoms with E-state index < -0.39 is 29.6 Å². The molecule has 1 atom stereocenters. The zero-order valence-electron chi connectivity index (χ0n) is 12.4. The fraction of sp³-hybridized carbons (Fsp3) is 0.176. The number of hydrogen-bond acceptors (Lipinski definition) is 3. The molecule has 0 aliphatic carbocycles. The smallest absolute Gasteiger partial charge is 0.311 e. The number of halogens is 2. The second-order valence-corrected chi connectivity index (χ2v) is 4.90. The van der Waals surface area contributed by atoms with Crippen molar-refractivity contribution < 1.29 is 23.1 Å². The minimum atomic E-state index is -1.06. The summed E-state index contributed by atoms with van der Waals surface area (Å²) < 4.78 is 31.2. The molecule has 0 saturated heterocycles. The van der Waals surface area contributed by atoms with Gasteiger partial charge < -0.3 is 10.1 Å². The summed E-state index contributed by atoms with van der Waals surface area (Å²) in [6.07, 6.45) is -1.32. The molecule has 0 bridgehead atoms. The molecule has 0 radical (unpaired) electrons. The minimum Gasteiger partial charge on any atom is -0.452 e. The summed E-state index contributed by atoms with van der Waals surface area (Å²) >= 11 is 0. The van der Waals surface area contributed by atoms with Crippen LogP contribution in [-0.2, 0) is 20.7 Å². The van der Waals surface area contributed by atoms with Gasteiger partial charge in [-0.2, -0.15) is 0 Å². The van der Waals surface area contributed by atoms with Gasteiger partial charge in [0.15, 0.2) is 6.10 Å². The molecule has 0 aliphatic heterocycles. The van der Waals surface area contributed by atoms with Crippen molar-refractivity contribution in [2.24, 2.45) is 0 Å². The van der Waals surface area contributed by atoms with Gasteiger partial charge in [0.25, 0.3) is 5.91 Å². The quantitative estimate of drug-likeness (QED) is 0.862. The second kappa shape index (κ2) is 7.49. The largest absolute Gasteiger partial charge is 0.452 e. The Bertz CT molecular complexity index is 701. The monoisotopic (exact) mass is 319 g/mol. The van der Waals surface area contributed by atoms with Gasteiger partial charge in [-0.15, -0.1) is 0 Å². The van der Waals surface area contributed by atoms with Crippen LogP contribution in [0.2, 0.25) is 0 Å². The van der Waals surface area contributed by atoms with Crippen LogP contribution in [-0.4, -0.2) is 18.0 Å². The molecule has 120 valence electrons. The summed E-state index contributed by atoms with van der Waals surface area (Å²) in [6.45, 7) is 1.40. The Kier molecular flexibility index (Phi) is 5.41. The summed E-state index contributed by atoms with van der Waals surface area (Å²) in [5, 5.41) is 2.49. The number of benzene rings is 2. The minimum absolute atomic E-state index is 0.198. The Morgan fingerprint density at radius 2 is 1.74 bits per heavy atom. The lowest BCUT2D eigenvalue weighted by Gasteiger charge is -2.13. The topological polar surface area (TPSA) is 55.4 Å². The van der Waals surface area contributed by atoms with Gasteiger partial charge in [-0.3, -0.25) is 9.59 Å². The van der Waals surface area contributed by atoms with Gasteiger partial charge in [-0.25, -0.2) is 8.78 Å². The highest BCUT2D eigenvalue weighted by molar-refractivity contribution is 5.95. The number of carbonyl (C=O) groups excluding carboxylic acids is 2. The third-order valence-corrected chi connectivity index (χ3v) is 3.08. The fourth-order valence-corrected chi connectivity index (χ4v) is 1.87. The maximum atomic E-state index is 13.4. The number of carbonyl (C=O) groups is 2. The van der Waals surface area contributed by atoms with E-state index in [0.29, 0.717) is 5.69 Å². The normalized spacial score (nSPS) is 11.6. The highest BCUT2D eigenvalue weighted by Gasteiger charge is 2.19. The molecule has 2 aromatic rings. The summed E-state index contributed by atoms with van der Waals surface area (Å²) in [4.78, 5) is 23.7. The Balaban J connectivity index is 1.89. The molecule has 0 saturated carbocycles. The van der Waals surface area contributed by atoms with E-state index in [9.17, 15) is 18.4 Å². The molecule has 0 fully saturated rings. The third kappa shape index (κ3) is 4.88. The molecule has 2 aromatic carbocycles.